The fraction of sp³-hybridized carbons (Fsp3) is 0.500. The van der Waals surface area contributed by atoms with Crippen molar-refractivity contribution in [1.82, 2.24) is 10.6 Å². The van der Waals surface area contributed by atoms with E-state index in [2.05, 4.69) is 16.9 Å². The first-order chi connectivity index (χ1) is 11.7. The van der Waals surface area contributed by atoms with E-state index < -0.39 is 0 Å². The lowest BCUT2D eigenvalue weighted by Gasteiger charge is -2.35. The molecule has 6 heteroatoms. The number of nitrogens with one attached hydrogen (secondary N) is 2. The number of carbonyl (C=O) groups excluding carboxylic acids is 1. The third kappa shape index (κ3) is 4.24. The Bertz CT molecular complexity index is 647. The molecule has 0 atom stereocenters. The number of rotatable bonds is 6. The molecule has 1 aliphatic heterocycles. The van der Waals surface area contributed by atoms with Gasteiger partial charge in [0.05, 0.1) is 0 Å². The van der Waals surface area contributed by atoms with Gasteiger partial charge in [0, 0.05) is 42.9 Å². The Hall–Kier alpha value is -1.66. The van der Waals surface area contributed by atoms with Crippen molar-refractivity contribution in [2.75, 3.05) is 32.6 Å². The predicted octanol–water partition coefficient (Wildman–Crippen LogP) is 3.19. The van der Waals surface area contributed by atoms with E-state index in [0.717, 1.165) is 42.8 Å². The monoisotopic (exact) mass is 348 g/mol. The minimum absolute atomic E-state index is 0.105. The zero-order chi connectivity index (χ0) is 16.8. The summed E-state index contributed by atoms with van der Waals surface area (Å²) in [4.78, 5) is 12.0. The highest BCUT2D eigenvalue weighted by atomic mass is 32.2. The molecule has 1 aliphatic rings. The maximum absolute atomic E-state index is 12.0. The van der Waals surface area contributed by atoms with E-state index in [-0.39, 0.29) is 10.8 Å². The molecule has 0 saturated carbocycles. The molecule has 24 heavy (non-hydrogen) atoms. The van der Waals surface area contributed by atoms with E-state index in [1.54, 1.807) is 0 Å². The number of hydrogen-bond acceptors (Lipinski definition) is 4. The van der Waals surface area contributed by atoms with Crippen LogP contribution in [-0.2, 0) is 11.2 Å². The van der Waals surface area contributed by atoms with Crippen LogP contribution in [0.3, 0.4) is 0 Å². The molecular weight excluding hydrogens is 324 g/mol. The summed E-state index contributed by atoms with van der Waals surface area (Å²) in [5.74, 6) is 0.890. The van der Waals surface area contributed by atoms with Gasteiger partial charge >= 0.3 is 6.03 Å². The third-order valence-electron chi connectivity index (χ3n) is 4.54. The molecule has 0 unspecified atom stereocenters. The summed E-state index contributed by atoms with van der Waals surface area (Å²) in [6.45, 7) is 2.78. The van der Waals surface area contributed by atoms with Crippen molar-refractivity contribution in [2.24, 2.45) is 0 Å². The average Bonchev–Trinajstić information content (AvgIpc) is 3.03. The number of carbonyl (C=O) groups is 1. The minimum atomic E-state index is -0.119. The molecule has 0 radical (unpaired) electrons. The molecule has 1 aromatic heterocycles. The van der Waals surface area contributed by atoms with Gasteiger partial charge in [-0.3, -0.25) is 0 Å². The van der Waals surface area contributed by atoms with E-state index in [9.17, 15) is 4.79 Å². The lowest BCUT2D eigenvalue weighted by Crippen LogP contribution is -2.47. The van der Waals surface area contributed by atoms with Gasteiger partial charge in [-0.2, -0.15) is 11.8 Å². The van der Waals surface area contributed by atoms with Crippen LogP contribution in [0.5, 0.6) is 0 Å². The first kappa shape index (κ1) is 17.2. The van der Waals surface area contributed by atoms with Crippen molar-refractivity contribution in [2.45, 2.75) is 24.0 Å². The van der Waals surface area contributed by atoms with Crippen LogP contribution in [0.25, 0.3) is 11.0 Å². The van der Waals surface area contributed by atoms with Gasteiger partial charge in [0.25, 0.3) is 0 Å². The lowest BCUT2D eigenvalue weighted by atomic mass is 9.99. The standard InChI is InChI=1S/C18H24N2O3S/c1-24-18(7-10-22-11-8-18)13-20-17(21)19-9-6-15-12-14-4-2-3-5-16(14)23-15/h2-5,12H,6-11,13H2,1H3,(H2,19,20,21). The summed E-state index contributed by atoms with van der Waals surface area (Å²) >= 11 is 1.82. The van der Waals surface area contributed by atoms with E-state index in [1.165, 1.54) is 0 Å². The molecule has 130 valence electrons. The van der Waals surface area contributed by atoms with Crippen molar-refractivity contribution in [3.63, 3.8) is 0 Å². The summed E-state index contributed by atoms with van der Waals surface area (Å²) in [5, 5.41) is 7.00. The highest BCUT2D eigenvalue weighted by Gasteiger charge is 2.31. The van der Waals surface area contributed by atoms with Crippen molar-refractivity contribution >= 4 is 28.8 Å². The molecule has 3 rings (SSSR count). The maximum atomic E-state index is 12.0. The van der Waals surface area contributed by atoms with Crippen LogP contribution in [0.2, 0.25) is 0 Å². The minimum Gasteiger partial charge on any atom is -0.461 e. The van der Waals surface area contributed by atoms with Gasteiger partial charge in [-0.1, -0.05) is 18.2 Å². The van der Waals surface area contributed by atoms with Gasteiger partial charge in [-0.05, 0) is 31.2 Å². The number of thioether (sulfide) groups is 1. The van der Waals surface area contributed by atoms with E-state index in [1.807, 2.05) is 42.1 Å². The SMILES string of the molecule is CSC1(CNC(=O)NCCc2cc3ccccc3o2)CCOCC1. The largest absolute Gasteiger partial charge is 0.461 e. The normalized spacial score (nSPS) is 16.9. The summed E-state index contributed by atoms with van der Waals surface area (Å²) in [5.41, 5.74) is 0.887. The second-order valence-corrected chi connectivity index (χ2v) is 7.38. The molecule has 0 bridgehead atoms. The Morgan fingerprint density at radius 3 is 2.79 bits per heavy atom. The fourth-order valence-corrected chi connectivity index (χ4v) is 3.75. The molecule has 5 nitrogen and oxygen atoms in total. The van der Waals surface area contributed by atoms with E-state index in [4.69, 9.17) is 9.15 Å². The van der Waals surface area contributed by atoms with Crippen molar-refractivity contribution in [3.05, 3.63) is 36.1 Å². The highest BCUT2D eigenvalue weighted by molar-refractivity contribution is 8.00. The number of fused-ring (bicyclic) bond motifs is 1. The maximum Gasteiger partial charge on any atom is 0.314 e. The fourth-order valence-electron chi connectivity index (χ4n) is 2.96. The molecule has 2 N–H and O–H groups in total. The second-order valence-electron chi connectivity index (χ2n) is 6.11. The van der Waals surface area contributed by atoms with Crippen LogP contribution in [0.1, 0.15) is 18.6 Å². The number of para-hydroxylation sites is 1. The third-order valence-corrected chi connectivity index (χ3v) is 5.96. The first-order valence-corrected chi connectivity index (χ1v) is 9.55. The Kier molecular flexibility index (Phi) is 5.68. The van der Waals surface area contributed by atoms with Crippen molar-refractivity contribution < 1.29 is 13.9 Å². The van der Waals surface area contributed by atoms with Gasteiger partial charge in [0.1, 0.15) is 11.3 Å². The summed E-state index contributed by atoms with van der Waals surface area (Å²) in [7, 11) is 0. The summed E-state index contributed by atoms with van der Waals surface area (Å²) in [6.07, 6.45) is 4.75. The molecule has 1 fully saturated rings. The number of ether oxygens (including phenoxy) is 1. The number of benzene rings is 1. The average molecular weight is 348 g/mol. The zero-order valence-electron chi connectivity index (χ0n) is 14.0. The Morgan fingerprint density at radius 2 is 2.04 bits per heavy atom. The van der Waals surface area contributed by atoms with Crippen molar-refractivity contribution in [1.29, 1.82) is 0 Å². The summed E-state index contributed by atoms with van der Waals surface area (Å²) in [6, 6.07) is 9.84. The molecule has 1 saturated heterocycles. The smallest absolute Gasteiger partial charge is 0.314 e. The van der Waals surface area contributed by atoms with E-state index >= 15 is 0 Å². The van der Waals surface area contributed by atoms with Gasteiger partial charge in [0.2, 0.25) is 0 Å². The van der Waals surface area contributed by atoms with Crippen LogP contribution < -0.4 is 10.6 Å². The Morgan fingerprint density at radius 1 is 1.25 bits per heavy atom. The Labute approximate surface area is 146 Å². The highest BCUT2D eigenvalue weighted by Crippen LogP contribution is 2.32. The molecule has 2 aromatic rings. The number of amides is 2. The zero-order valence-corrected chi connectivity index (χ0v) is 14.8. The Balaban J connectivity index is 1.42. The van der Waals surface area contributed by atoms with E-state index in [0.29, 0.717) is 19.5 Å². The van der Waals surface area contributed by atoms with Crippen LogP contribution >= 0.6 is 11.8 Å². The van der Waals surface area contributed by atoms with Gasteiger partial charge in [-0.15, -0.1) is 0 Å². The van der Waals surface area contributed by atoms with Crippen LogP contribution in [0, 0.1) is 0 Å². The molecule has 0 aliphatic carbocycles. The predicted molar refractivity (Wildman–Crippen MR) is 97.6 cm³/mol. The lowest BCUT2D eigenvalue weighted by molar-refractivity contribution is 0.0777. The number of urea groups is 1. The summed E-state index contributed by atoms with van der Waals surface area (Å²) < 4.78 is 11.3. The topological polar surface area (TPSA) is 63.5 Å². The molecular formula is C18H24N2O3S. The van der Waals surface area contributed by atoms with Crippen LogP contribution in [0.4, 0.5) is 4.79 Å². The van der Waals surface area contributed by atoms with Gasteiger partial charge in [-0.25, -0.2) is 4.79 Å². The van der Waals surface area contributed by atoms with Crippen molar-refractivity contribution in [3.8, 4) is 0 Å². The van der Waals surface area contributed by atoms with Gasteiger partial charge in [0.15, 0.2) is 0 Å². The quantitative estimate of drug-likeness (QED) is 0.841. The van der Waals surface area contributed by atoms with Crippen LogP contribution in [0.15, 0.2) is 34.7 Å². The number of hydrogen-bond donors (Lipinski definition) is 2. The second kappa shape index (κ2) is 7.94. The molecule has 2 heterocycles. The molecule has 1 aromatic carbocycles. The molecule has 2 amide bonds. The first-order valence-electron chi connectivity index (χ1n) is 8.33. The van der Waals surface area contributed by atoms with Crippen LogP contribution in [-0.4, -0.2) is 43.3 Å². The number of furan rings is 1. The molecule has 0 spiro atoms. The van der Waals surface area contributed by atoms with Gasteiger partial charge < -0.3 is 19.8 Å².